The largest absolute Gasteiger partial charge is 0.416 e. The molecule has 1 unspecified atom stereocenters. The lowest BCUT2D eigenvalue weighted by Crippen LogP contribution is -2.50. The standard InChI is InChI=1S/C30H30F7N3O4S/c1-17-9-21(31)5-6-23(17)24-13-26(40-7-8-45(43,44)16-22(40)15-41)38-14-25(24)39(4)27(42)28(2,3)18-10-19(29(32,33)34)12-20(11-18)30(35,36)37/h5-6,9-14,22,41H,7-8,15-16H2,1-4H3. The van der Waals surface area contributed by atoms with E-state index in [-0.39, 0.29) is 35.6 Å². The topological polar surface area (TPSA) is 90.8 Å². The average molecular weight is 662 g/mol. The number of aliphatic hydroxyl groups excluding tert-OH is 1. The van der Waals surface area contributed by atoms with Crippen molar-refractivity contribution in [1.29, 1.82) is 0 Å². The Hall–Kier alpha value is -3.72. The number of alkyl halides is 6. The van der Waals surface area contributed by atoms with Gasteiger partial charge < -0.3 is 14.9 Å². The van der Waals surface area contributed by atoms with Crippen LogP contribution in [-0.4, -0.2) is 62.2 Å². The molecule has 0 aliphatic carbocycles. The highest BCUT2D eigenvalue weighted by atomic mass is 32.2. The van der Waals surface area contributed by atoms with Crippen molar-refractivity contribution >= 4 is 27.2 Å². The Labute approximate surface area is 255 Å². The summed E-state index contributed by atoms with van der Waals surface area (Å²) in [4.78, 5) is 21.0. The van der Waals surface area contributed by atoms with E-state index in [9.17, 15) is 49.1 Å². The van der Waals surface area contributed by atoms with Gasteiger partial charge in [-0.3, -0.25) is 4.79 Å². The fraction of sp³-hybridized carbons (Fsp3) is 0.400. The van der Waals surface area contributed by atoms with E-state index in [0.29, 0.717) is 28.8 Å². The minimum absolute atomic E-state index is 0.000627. The van der Waals surface area contributed by atoms with Gasteiger partial charge in [-0.25, -0.2) is 17.8 Å². The number of aliphatic hydroxyl groups is 1. The van der Waals surface area contributed by atoms with Crippen molar-refractivity contribution in [2.24, 2.45) is 0 Å². The number of hydrogen-bond acceptors (Lipinski definition) is 6. The van der Waals surface area contributed by atoms with E-state index < -0.39 is 68.7 Å². The summed E-state index contributed by atoms with van der Waals surface area (Å²) in [6, 6.07) is 5.52. The minimum Gasteiger partial charge on any atom is -0.394 e. The highest BCUT2D eigenvalue weighted by Gasteiger charge is 2.41. The molecule has 45 heavy (non-hydrogen) atoms. The molecule has 1 amide bonds. The van der Waals surface area contributed by atoms with Gasteiger partial charge in [0.1, 0.15) is 11.6 Å². The smallest absolute Gasteiger partial charge is 0.394 e. The summed E-state index contributed by atoms with van der Waals surface area (Å²) in [5.41, 5.74) is -4.30. The summed E-state index contributed by atoms with van der Waals surface area (Å²) in [5, 5.41) is 9.90. The number of likely N-dealkylation sites (N-methyl/N-ethyl adjacent to an activating group) is 1. The van der Waals surface area contributed by atoms with Gasteiger partial charge in [0.05, 0.1) is 52.6 Å². The maximum Gasteiger partial charge on any atom is 0.416 e. The molecule has 4 rings (SSSR count). The Balaban J connectivity index is 1.84. The molecule has 0 saturated carbocycles. The Morgan fingerprint density at radius 1 is 0.978 bits per heavy atom. The van der Waals surface area contributed by atoms with Crippen LogP contribution < -0.4 is 9.80 Å². The van der Waals surface area contributed by atoms with E-state index in [2.05, 4.69) is 4.98 Å². The molecule has 1 atom stereocenters. The predicted octanol–water partition coefficient (Wildman–Crippen LogP) is 5.77. The third kappa shape index (κ3) is 7.08. The molecule has 0 radical (unpaired) electrons. The number of anilines is 2. The normalized spacial score (nSPS) is 17.3. The van der Waals surface area contributed by atoms with Crippen molar-refractivity contribution in [1.82, 2.24) is 4.98 Å². The molecule has 244 valence electrons. The monoisotopic (exact) mass is 661 g/mol. The maximum atomic E-state index is 14.0. The highest BCUT2D eigenvalue weighted by molar-refractivity contribution is 7.91. The van der Waals surface area contributed by atoms with Crippen molar-refractivity contribution in [3.63, 3.8) is 0 Å². The van der Waals surface area contributed by atoms with Gasteiger partial charge in [0, 0.05) is 19.2 Å². The van der Waals surface area contributed by atoms with Crippen molar-refractivity contribution in [3.05, 3.63) is 76.7 Å². The number of carbonyl (C=O) groups excluding carboxylic acids is 1. The second kappa shape index (κ2) is 11.9. The fourth-order valence-electron chi connectivity index (χ4n) is 5.31. The molecule has 0 bridgehead atoms. The molecule has 3 aromatic rings. The van der Waals surface area contributed by atoms with Gasteiger partial charge in [0.15, 0.2) is 9.84 Å². The zero-order valence-electron chi connectivity index (χ0n) is 24.6. The fourth-order valence-corrected chi connectivity index (χ4v) is 6.83. The van der Waals surface area contributed by atoms with Crippen LogP contribution in [0.4, 0.5) is 42.2 Å². The number of halogens is 7. The third-order valence-corrected chi connectivity index (χ3v) is 9.59. The van der Waals surface area contributed by atoms with Crippen LogP contribution in [0.1, 0.15) is 36.1 Å². The van der Waals surface area contributed by atoms with Gasteiger partial charge in [-0.05, 0) is 73.9 Å². The third-order valence-electron chi connectivity index (χ3n) is 7.89. The van der Waals surface area contributed by atoms with E-state index in [4.69, 9.17) is 0 Å². The van der Waals surface area contributed by atoms with Gasteiger partial charge in [-0.2, -0.15) is 26.3 Å². The number of aromatic nitrogens is 1. The first-order valence-electron chi connectivity index (χ1n) is 13.6. The Morgan fingerprint density at radius 3 is 2.09 bits per heavy atom. The minimum atomic E-state index is -5.12. The molecule has 15 heteroatoms. The molecule has 1 aliphatic heterocycles. The van der Waals surface area contributed by atoms with Gasteiger partial charge in [0.2, 0.25) is 5.91 Å². The van der Waals surface area contributed by atoms with Crippen LogP contribution in [0.2, 0.25) is 0 Å². The van der Waals surface area contributed by atoms with Crippen LogP contribution in [0.5, 0.6) is 0 Å². The van der Waals surface area contributed by atoms with Crippen molar-refractivity contribution in [2.75, 3.05) is 41.5 Å². The number of pyridine rings is 1. The zero-order valence-corrected chi connectivity index (χ0v) is 25.4. The van der Waals surface area contributed by atoms with Gasteiger partial charge in [0.25, 0.3) is 0 Å². The molecule has 2 heterocycles. The van der Waals surface area contributed by atoms with Crippen LogP contribution in [0, 0.1) is 12.7 Å². The Kier molecular flexibility index (Phi) is 9.03. The number of sulfone groups is 1. The van der Waals surface area contributed by atoms with Crippen molar-refractivity contribution in [3.8, 4) is 11.1 Å². The molecular weight excluding hydrogens is 631 g/mol. The van der Waals surface area contributed by atoms with E-state index in [1.807, 2.05) is 0 Å². The lowest BCUT2D eigenvalue weighted by molar-refractivity contribution is -0.143. The van der Waals surface area contributed by atoms with Crippen LogP contribution >= 0.6 is 0 Å². The first-order valence-corrected chi connectivity index (χ1v) is 15.4. The Bertz CT molecular complexity index is 1690. The molecule has 1 aromatic heterocycles. The van der Waals surface area contributed by atoms with Gasteiger partial charge >= 0.3 is 12.4 Å². The van der Waals surface area contributed by atoms with Gasteiger partial charge in [-0.1, -0.05) is 6.07 Å². The number of rotatable bonds is 6. The zero-order chi connectivity index (χ0) is 33.7. The SMILES string of the molecule is Cc1cc(F)ccc1-c1cc(N2CCS(=O)(=O)CC2CO)ncc1N(C)C(=O)C(C)(C)c1cc(C(F)(F)F)cc(C(F)(F)F)c1. The van der Waals surface area contributed by atoms with E-state index in [1.165, 1.54) is 51.4 Å². The number of nitrogens with zero attached hydrogens (tertiary/aromatic N) is 3. The number of hydrogen-bond donors (Lipinski definition) is 1. The summed E-state index contributed by atoms with van der Waals surface area (Å²) >= 11 is 0. The van der Waals surface area contributed by atoms with Crippen LogP contribution in [0.25, 0.3) is 11.1 Å². The second-order valence-electron chi connectivity index (χ2n) is 11.4. The average Bonchev–Trinajstić information content (AvgIpc) is 2.94. The Morgan fingerprint density at radius 2 is 1.56 bits per heavy atom. The van der Waals surface area contributed by atoms with Crippen LogP contribution in [0.15, 0.2) is 48.7 Å². The van der Waals surface area contributed by atoms with Crippen molar-refractivity contribution < 1.29 is 49.1 Å². The lowest BCUT2D eigenvalue weighted by atomic mass is 9.81. The lowest BCUT2D eigenvalue weighted by Gasteiger charge is -2.36. The molecule has 1 N–H and O–H groups in total. The summed E-state index contributed by atoms with van der Waals surface area (Å²) < 4.78 is 120. The molecule has 0 spiro atoms. The van der Waals surface area contributed by atoms with Crippen LogP contribution in [0.3, 0.4) is 0 Å². The van der Waals surface area contributed by atoms with E-state index in [1.54, 1.807) is 11.8 Å². The number of amides is 1. The number of benzene rings is 2. The van der Waals surface area contributed by atoms with E-state index in [0.717, 1.165) is 4.90 Å². The molecule has 1 aliphatic rings. The van der Waals surface area contributed by atoms with E-state index >= 15 is 0 Å². The maximum absolute atomic E-state index is 14.0. The first-order chi connectivity index (χ1) is 20.7. The summed E-state index contributed by atoms with van der Waals surface area (Å²) in [6.45, 7) is 3.50. The molecule has 2 aromatic carbocycles. The van der Waals surface area contributed by atoms with Crippen LogP contribution in [-0.2, 0) is 32.4 Å². The molecule has 1 fully saturated rings. The van der Waals surface area contributed by atoms with Crippen molar-refractivity contribution in [2.45, 2.75) is 44.6 Å². The molecule has 7 nitrogen and oxygen atoms in total. The quantitative estimate of drug-likeness (QED) is 0.338. The molecule has 1 saturated heterocycles. The number of aryl methyl sites for hydroxylation is 1. The summed E-state index contributed by atoms with van der Waals surface area (Å²) in [6.07, 6.45) is -8.98. The molecular formula is C30H30F7N3O4S. The second-order valence-corrected chi connectivity index (χ2v) is 13.7. The highest BCUT2D eigenvalue weighted by Crippen LogP contribution is 2.41. The summed E-state index contributed by atoms with van der Waals surface area (Å²) in [7, 11) is -2.14. The summed E-state index contributed by atoms with van der Waals surface area (Å²) in [5.74, 6) is -1.73. The predicted molar refractivity (Wildman–Crippen MR) is 154 cm³/mol. The number of carbonyl (C=O) groups is 1. The first kappa shape index (κ1) is 34.2. The van der Waals surface area contributed by atoms with Gasteiger partial charge in [-0.15, -0.1) is 0 Å².